The highest BCUT2D eigenvalue weighted by Gasteiger charge is 2.05. The first-order chi connectivity index (χ1) is 17.3. The van der Waals surface area contributed by atoms with Crippen LogP contribution in [0, 0.1) is 0 Å². The summed E-state index contributed by atoms with van der Waals surface area (Å²) < 4.78 is 10.3. The summed E-state index contributed by atoms with van der Waals surface area (Å²) >= 11 is 0. The van der Waals surface area contributed by atoms with Gasteiger partial charge in [0.1, 0.15) is 0 Å². The van der Waals surface area contributed by atoms with E-state index in [1.54, 1.807) is 13.8 Å². The number of esters is 2. The largest absolute Gasteiger partial charge is 0.462 e. The molecule has 3 aromatic carbocycles. The molecule has 0 spiro atoms. The van der Waals surface area contributed by atoms with Gasteiger partial charge in [-0.2, -0.15) is 10.2 Å². The molecule has 0 heterocycles. The van der Waals surface area contributed by atoms with E-state index in [1.165, 1.54) is 0 Å². The molecular weight excluding hydrogens is 452 g/mol. The van der Waals surface area contributed by atoms with E-state index < -0.39 is 0 Å². The van der Waals surface area contributed by atoms with Gasteiger partial charge in [0.2, 0.25) is 0 Å². The van der Waals surface area contributed by atoms with Crippen molar-refractivity contribution in [2.24, 2.45) is 10.2 Å². The molecule has 0 saturated heterocycles. The molecule has 0 N–H and O–H groups in total. The molecule has 6 heteroatoms. The lowest BCUT2D eigenvalue weighted by molar-refractivity contribution is -0.139. The van der Waals surface area contributed by atoms with E-state index in [9.17, 15) is 9.59 Å². The molecule has 0 fully saturated rings. The van der Waals surface area contributed by atoms with Crippen LogP contribution in [0.1, 0.15) is 25.0 Å². The Morgan fingerprint density at radius 1 is 0.611 bits per heavy atom. The van der Waals surface area contributed by atoms with Gasteiger partial charge in [0, 0.05) is 24.0 Å². The predicted molar refractivity (Wildman–Crippen MR) is 141 cm³/mol. The summed E-state index contributed by atoms with van der Waals surface area (Å²) in [5.41, 5.74) is 6.60. The Kier molecular flexibility index (Phi) is 9.46. The van der Waals surface area contributed by atoms with Crippen molar-refractivity contribution in [1.82, 2.24) is 0 Å². The van der Waals surface area contributed by atoms with Gasteiger partial charge in [0.25, 0.3) is 0 Å². The molecular formula is C30H30N2O4. The lowest BCUT2D eigenvalue weighted by Crippen LogP contribution is -2.07. The fourth-order valence-electron chi connectivity index (χ4n) is 3.20. The highest BCUT2D eigenvalue weighted by molar-refractivity contribution is 5.87. The summed E-state index contributed by atoms with van der Waals surface area (Å²) in [5.74, 6) is -0.734. The summed E-state index contributed by atoms with van der Waals surface area (Å²) in [4.78, 5) is 22.9. The molecule has 6 nitrogen and oxygen atoms in total. The number of azo groups is 1. The van der Waals surface area contributed by atoms with E-state index in [1.807, 2.05) is 72.8 Å². The highest BCUT2D eigenvalue weighted by atomic mass is 16.5. The number of hydrogen-bond acceptors (Lipinski definition) is 6. The second-order valence-electron chi connectivity index (χ2n) is 8.44. The Morgan fingerprint density at radius 2 is 0.944 bits per heavy atom. The van der Waals surface area contributed by atoms with Crippen molar-refractivity contribution in [3.05, 3.63) is 108 Å². The monoisotopic (exact) mass is 482 g/mol. The van der Waals surface area contributed by atoms with Crippen molar-refractivity contribution < 1.29 is 19.1 Å². The second kappa shape index (κ2) is 13.0. The van der Waals surface area contributed by atoms with E-state index in [0.29, 0.717) is 37.2 Å². The van der Waals surface area contributed by atoms with Crippen molar-refractivity contribution in [2.45, 2.75) is 26.7 Å². The number of rotatable bonds is 11. The molecule has 0 saturated carbocycles. The molecule has 0 atom stereocenters. The lowest BCUT2D eigenvalue weighted by Gasteiger charge is -2.06. The maximum atomic E-state index is 11.5. The minimum Gasteiger partial charge on any atom is -0.462 e. The van der Waals surface area contributed by atoms with Crippen LogP contribution in [0.2, 0.25) is 0 Å². The molecule has 0 unspecified atom stereocenters. The van der Waals surface area contributed by atoms with Crippen LogP contribution >= 0.6 is 0 Å². The van der Waals surface area contributed by atoms with Crippen LogP contribution < -0.4 is 0 Å². The Morgan fingerprint density at radius 3 is 1.33 bits per heavy atom. The van der Waals surface area contributed by atoms with E-state index in [4.69, 9.17) is 9.47 Å². The van der Waals surface area contributed by atoms with Gasteiger partial charge in [-0.15, -0.1) is 0 Å². The summed E-state index contributed by atoms with van der Waals surface area (Å²) in [5, 5.41) is 8.62. The quantitative estimate of drug-likeness (QED) is 0.166. The van der Waals surface area contributed by atoms with Crippen LogP contribution in [-0.4, -0.2) is 25.2 Å². The SMILES string of the molecule is C=C(C)C(=O)OCCc1ccc(N=Nc2ccc(-c3ccc(CCOC(=O)C(=C)C)cc3)cc2)cc1. The number of carbonyl (C=O) groups is 2. The van der Waals surface area contributed by atoms with Crippen molar-refractivity contribution in [3.63, 3.8) is 0 Å². The molecule has 0 aliphatic carbocycles. The zero-order valence-corrected chi connectivity index (χ0v) is 20.7. The van der Waals surface area contributed by atoms with Gasteiger partial charge in [0.05, 0.1) is 24.6 Å². The van der Waals surface area contributed by atoms with Gasteiger partial charge in [-0.05, 0) is 60.4 Å². The van der Waals surface area contributed by atoms with Crippen molar-refractivity contribution in [3.8, 4) is 11.1 Å². The van der Waals surface area contributed by atoms with Gasteiger partial charge in [-0.1, -0.05) is 61.7 Å². The van der Waals surface area contributed by atoms with Crippen LogP contribution in [0.25, 0.3) is 11.1 Å². The predicted octanol–water partition coefficient (Wildman–Crippen LogP) is 7.09. The maximum absolute atomic E-state index is 11.5. The minimum atomic E-state index is -0.373. The molecule has 3 aromatic rings. The molecule has 0 aromatic heterocycles. The minimum absolute atomic E-state index is 0.312. The number of benzene rings is 3. The van der Waals surface area contributed by atoms with Crippen LogP contribution in [0.5, 0.6) is 0 Å². The molecule has 0 bridgehead atoms. The first-order valence-corrected chi connectivity index (χ1v) is 11.7. The fourth-order valence-corrected chi connectivity index (χ4v) is 3.20. The van der Waals surface area contributed by atoms with Gasteiger partial charge in [0.15, 0.2) is 0 Å². The third-order valence-corrected chi connectivity index (χ3v) is 5.32. The smallest absolute Gasteiger partial charge is 0.333 e. The average molecular weight is 483 g/mol. The Bertz CT molecular complexity index is 1240. The van der Waals surface area contributed by atoms with Gasteiger partial charge < -0.3 is 9.47 Å². The first-order valence-electron chi connectivity index (χ1n) is 11.7. The normalized spacial score (nSPS) is 10.7. The molecule has 36 heavy (non-hydrogen) atoms. The van der Waals surface area contributed by atoms with Crippen LogP contribution in [-0.2, 0) is 31.9 Å². The second-order valence-corrected chi connectivity index (χ2v) is 8.44. The van der Waals surface area contributed by atoms with Crippen molar-refractivity contribution in [2.75, 3.05) is 13.2 Å². The zero-order valence-electron chi connectivity index (χ0n) is 20.7. The summed E-state index contributed by atoms with van der Waals surface area (Å²) in [6.07, 6.45) is 1.28. The Balaban J connectivity index is 1.50. The van der Waals surface area contributed by atoms with Crippen molar-refractivity contribution in [1.29, 1.82) is 0 Å². The zero-order chi connectivity index (χ0) is 25.9. The Hall–Kier alpha value is -4.32. The third-order valence-electron chi connectivity index (χ3n) is 5.32. The molecule has 184 valence electrons. The van der Waals surface area contributed by atoms with Crippen LogP contribution in [0.3, 0.4) is 0 Å². The Labute approximate surface area is 212 Å². The third kappa shape index (κ3) is 8.17. The van der Waals surface area contributed by atoms with E-state index in [0.717, 1.165) is 33.6 Å². The summed E-state index contributed by atoms with van der Waals surface area (Å²) in [6, 6.07) is 23.7. The standard InChI is InChI=1S/C30H30N2O4/c1-21(2)29(33)35-19-17-23-5-9-25(10-6-23)26-11-15-28(16-12-26)32-31-27-13-7-24(8-14-27)18-20-36-30(34)22(3)4/h5-16H,1,3,17-20H2,2,4H3. The van der Waals surface area contributed by atoms with Gasteiger partial charge in [-0.3, -0.25) is 0 Å². The lowest BCUT2D eigenvalue weighted by atomic mass is 10.0. The molecule has 0 radical (unpaired) electrons. The summed E-state index contributed by atoms with van der Waals surface area (Å²) in [6.45, 7) is 11.1. The van der Waals surface area contributed by atoms with E-state index in [2.05, 4.69) is 23.4 Å². The van der Waals surface area contributed by atoms with Gasteiger partial charge in [-0.25, -0.2) is 9.59 Å². The maximum Gasteiger partial charge on any atom is 0.333 e. The highest BCUT2D eigenvalue weighted by Crippen LogP contribution is 2.25. The summed E-state index contributed by atoms with van der Waals surface area (Å²) in [7, 11) is 0. The fraction of sp³-hybridized carbons (Fsp3) is 0.200. The molecule has 3 rings (SSSR count). The van der Waals surface area contributed by atoms with E-state index in [-0.39, 0.29) is 11.9 Å². The average Bonchev–Trinajstić information content (AvgIpc) is 2.88. The first kappa shape index (κ1) is 26.3. The number of nitrogens with zero attached hydrogens (tertiary/aromatic N) is 2. The van der Waals surface area contributed by atoms with Crippen LogP contribution in [0.15, 0.2) is 107 Å². The topological polar surface area (TPSA) is 77.3 Å². The van der Waals surface area contributed by atoms with Gasteiger partial charge >= 0.3 is 11.9 Å². The van der Waals surface area contributed by atoms with Crippen LogP contribution in [0.4, 0.5) is 11.4 Å². The molecule has 0 amide bonds. The number of carbonyl (C=O) groups excluding carboxylic acids is 2. The van der Waals surface area contributed by atoms with Crippen molar-refractivity contribution >= 4 is 23.3 Å². The van der Waals surface area contributed by atoms with E-state index >= 15 is 0 Å². The molecule has 0 aliphatic rings. The number of ether oxygens (including phenoxy) is 2. The molecule has 0 aliphatic heterocycles. The number of hydrogen-bond donors (Lipinski definition) is 0.